The van der Waals surface area contributed by atoms with E-state index in [4.69, 9.17) is 39.7 Å². The molecule has 80 heavy (non-hydrogen) atoms. The van der Waals surface area contributed by atoms with Crippen LogP contribution < -0.4 is 0 Å². The minimum Gasteiger partial charge on any atom is -0.309 e. The lowest BCUT2D eigenvalue weighted by atomic mass is 9.93. The molecule has 0 aliphatic rings. The first-order valence-corrected chi connectivity index (χ1v) is 25.1. The van der Waals surface area contributed by atoms with Gasteiger partial charge in [-0.25, -0.2) is 29.5 Å². The number of benzene rings is 9. The zero-order valence-electron chi connectivity index (χ0n) is 42.0. The molecule has 0 amide bonds. The first-order chi connectivity index (χ1) is 39.4. The molecule has 0 radical (unpaired) electrons. The Labute approximate surface area is 458 Å². The third-order valence-electron chi connectivity index (χ3n) is 14.4. The Morgan fingerprint density at radius 1 is 0.388 bits per heavy atom. The van der Waals surface area contributed by atoms with Crippen LogP contribution in [0.4, 0.5) is 17.1 Å². The van der Waals surface area contributed by atoms with Crippen LogP contribution in [-0.4, -0.2) is 29.1 Å². The molecule has 0 aliphatic heterocycles. The molecule has 0 bridgehead atoms. The maximum Gasteiger partial charge on any atom is 0.189 e. The Morgan fingerprint density at radius 3 is 1.38 bits per heavy atom. The summed E-state index contributed by atoms with van der Waals surface area (Å²) in [5.74, 6) is 1.49. The van der Waals surface area contributed by atoms with Crippen LogP contribution >= 0.6 is 0 Å². The lowest BCUT2D eigenvalue weighted by Crippen LogP contribution is -2.04. The van der Waals surface area contributed by atoms with Crippen molar-refractivity contribution in [2.75, 3.05) is 0 Å². The lowest BCUT2D eigenvalue weighted by molar-refractivity contribution is 1.07. The lowest BCUT2D eigenvalue weighted by Gasteiger charge is -2.19. The van der Waals surface area contributed by atoms with Crippen molar-refractivity contribution in [2.24, 2.45) is 0 Å². The number of fused-ring (bicyclic) bond motifs is 6. The summed E-state index contributed by atoms with van der Waals surface area (Å²) >= 11 is 0. The average Bonchev–Trinajstić information content (AvgIpc) is 4.06. The van der Waals surface area contributed by atoms with E-state index in [1.165, 1.54) is 24.3 Å². The third kappa shape index (κ3) is 7.80. The van der Waals surface area contributed by atoms with Gasteiger partial charge in [0.1, 0.15) is 0 Å². The number of pyridine rings is 1. The summed E-state index contributed by atoms with van der Waals surface area (Å²) in [5.41, 5.74) is 12.7. The molecule has 4 heterocycles. The van der Waals surface area contributed by atoms with Crippen LogP contribution in [0.5, 0.6) is 0 Å². The van der Waals surface area contributed by atoms with Crippen molar-refractivity contribution in [3.8, 4) is 97.1 Å². The van der Waals surface area contributed by atoms with E-state index in [0.29, 0.717) is 39.7 Å². The highest BCUT2D eigenvalue weighted by Gasteiger charge is 2.25. The highest BCUT2D eigenvalue weighted by atomic mass is 15.0. The molecular formula is C68H34N12. The maximum absolute atomic E-state index is 10.4. The Morgan fingerprint density at radius 2 is 0.863 bits per heavy atom. The summed E-state index contributed by atoms with van der Waals surface area (Å²) in [6, 6.07) is 68.7. The van der Waals surface area contributed by atoms with Gasteiger partial charge in [-0.05, 0) is 102 Å². The molecule has 13 rings (SSSR count). The summed E-state index contributed by atoms with van der Waals surface area (Å²) in [5, 5.41) is 34.1. The van der Waals surface area contributed by atoms with E-state index in [1.54, 1.807) is 6.20 Å². The first kappa shape index (κ1) is 47.4. The standard InChI is InChI=1S/C68H34N12/c1-72-49-32-47(38-70)64(48(33-49)39-71)44-22-25-60-52(34-44)50-18-10-12-20-58(50)79(60)62-27-24-46(68-77-66(42-14-6-4-7-15-42)76-67(78-68)43-16-8-5-9-17-43)36-54(62)55-40-75-29-28-63(55)80-59-21-13-11-19-51(59)53-35-45(23-26-61(53)80)65-56(73-2)30-41(37-69)31-57(65)74-3/h4-36,40H. The van der Waals surface area contributed by atoms with E-state index < -0.39 is 0 Å². The van der Waals surface area contributed by atoms with Crippen molar-refractivity contribution in [3.05, 3.63) is 257 Å². The van der Waals surface area contributed by atoms with Crippen LogP contribution in [0.3, 0.4) is 0 Å². The van der Waals surface area contributed by atoms with Gasteiger partial charge in [-0.1, -0.05) is 109 Å². The van der Waals surface area contributed by atoms with Crippen LogP contribution in [0, 0.1) is 53.7 Å². The van der Waals surface area contributed by atoms with E-state index >= 15 is 0 Å². The normalized spacial score (nSPS) is 10.9. The molecular weight excluding hydrogens is 985 g/mol. The minimum atomic E-state index is 0.217. The highest BCUT2D eigenvalue weighted by Crippen LogP contribution is 2.46. The number of para-hydroxylation sites is 2. The predicted molar refractivity (Wildman–Crippen MR) is 312 cm³/mol. The molecule has 0 saturated heterocycles. The molecule has 9 aromatic carbocycles. The van der Waals surface area contributed by atoms with Gasteiger partial charge in [-0.3, -0.25) is 4.98 Å². The fourth-order valence-electron chi connectivity index (χ4n) is 10.9. The number of rotatable bonds is 8. The second-order valence-corrected chi connectivity index (χ2v) is 18.8. The SMILES string of the molecule is [C-]#[N+]c1cc(C#N)c(-c2ccc3c(c2)c2ccccc2n3-c2ccc(-c3nc(-c4ccccc4)nc(-c4ccccc4)n3)cc2-c2cnccc2-n2c3ccccc3c3cc(-c4c([N+]#[C-])cc(C#N)cc4[N+]#[C-])ccc32)c(C#N)c1. The number of nitrogens with zero attached hydrogens (tertiary/aromatic N) is 12. The van der Waals surface area contributed by atoms with Crippen LogP contribution in [0.25, 0.3) is 137 Å². The molecule has 0 fully saturated rings. The zero-order valence-corrected chi connectivity index (χ0v) is 42.0. The van der Waals surface area contributed by atoms with Gasteiger partial charge >= 0.3 is 0 Å². The van der Waals surface area contributed by atoms with Crippen LogP contribution in [0.15, 0.2) is 207 Å². The van der Waals surface area contributed by atoms with E-state index in [2.05, 4.69) is 78.3 Å². The van der Waals surface area contributed by atoms with E-state index in [-0.39, 0.29) is 33.8 Å². The quantitative estimate of drug-likeness (QED) is 0.138. The van der Waals surface area contributed by atoms with Crippen LogP contribution in [-0.2, 0) is 0 Å². The van der Waals surface area contributed by atoms with Gasteiger partial charge in [0.2, 0.25) is 0 Å². The fraction of sp³-hybridized carbons (Fsp3) is 0. The summed E-state index contributed by atoms with van der Waals surface area (Å²) < 4.78 is 4.44. The molecule has 13 aromatic rings. The monoisotopic (exact) mass is 1020 g/mol. The molecule has 12 heteroatoms. The highest BCUT2D eigenvalue weighted by molar-refractivity contribution is 6.13. The summed E-state index contributed by atoms with van der Waals surface area (Å²) in [7, 11) is 0. The number of aromatic nitrogens is 6. The van der Waals surface area contributed by atoms with E-state index in [9.17, 15) is 15.8 Å². The first-order valence-electron chi connectivity index (χ1n) is 25.1. The van der Waals surface area contributed by atoms with Gasteiger partial charge < -0.3 is 9.13 Å². The molecule has 0 unspecified atom stereocenters. The van der Waals surface area contributed by atoms with Gasteiger partial charge in [0.05, 0.1) is 82.5 Å². The van der Waals surface area contributed by atoms with Gasteiger partial charge in [-0.15, -0.1) is 0 Å². The van der Waals surface area contributed by atoms with Crippen molar-refractivity contribution < 1.29 is 0 Å². The molecule has 0 atom stereocenters. The van der Waals surface area contributed by atoms with Gasteiger partial charge in [0.15, 0.2) is 34.5 Å². The predicted octanol–water partition coefficient (Wildman–Crippen LogP) is 16.7. The minimum absolute atomic E-state index is 0.217. The van der Waals surface area contributed by atoms with Crippen LogP contribution in [0.2, 0.25) is 0 Å². The second-order valence-electron chi connectivity index (χ2n) is 18.8. The van der Waals surface area contributed by atoms with Crippen molar-refractivity contribution in [1.82, 2.24) is 29.1 Å². The maximum atomic E-state index is 10.4. The van der Waals surface area contributed by atoms with E-state index in [0.717, 1.165) is 82.8 Å². The summed E-state index contributed by atoms with van der Waals surface area (Å²) in [6.45, 7) is 23.8. The van der Waals surface area contributed by atoms with Crippen molar-refractivity contribution in [2.45, 2.75) is 0 Å². The van der Waals surface area contributed by atoms with Crippen LogP contribution in [0.1, 0.15) is 16.7 Å². The van der Waals surface area contributed by atoms with Crippen molar-refractivity contribution >= 4 is 60.7 Å². The Kier molecular flexibility index (Phi) is 11.5. The number of hydrogen-bond donors (Lipinski definition) is 0. The molecule has 0 spiro atoms. The Bertz CT molecular complexity index is 4900. The smallest absolute Gasteiger partial charge is 0.189 e. The van der Waals surface area contributed by atoms with Gasteiger partial charge in [-0.2, -0.15) is 15.8 Å². The molecule has 366 valence electrons. The molecule has 0 N–H and O–H groups in total. The van der Waals surface area contributed by atoms with Crippen molar-refractivity contribution in [1.29, 1.82) is 15.8 Å². The zero-order chi connectivity index (χ0) is 54.4. The second kappa shape index (κ2) is 19.4. The number of nitriles is 3. The Hall–Kier alpha value is -12.3. The third-order valence-corrected chi connectivity index (χ3v) is 14.4. The average molecular weight is 1020 g/mol. The Balaban J connectivity index is 1.09. The fourth-order valence-corrected chi connectivity index (χ4v) is 10.9. The molecule has 4 aromatic heterocycles. The van der Waals surface area contributed by atoms with Gasteiger partial charge in [0.25, 0.3) is 0 Å². The largest absolute Gasteiger partial charge is 0.309 e. The van der Waals surface area contributed by atoms with Crippen molar-refractivity contribution in [3.63, 3.8) is 0 Å². The molecule has 12 nitrogen and oxygen atoms in total. The topological polar surface area (TPSA) is 146 Å². The summed E-state index contributed by atoms with van der Waals surface area (Å²) in [6.07, 6.45) is 3.65. The number of hydrogen-bond acceptors (Lipinski definition) is 7. The molecule has 0 aliphatic carbocycles. The van der Waals surface area contributed by atoms with E-state index in [1.807, 2.05) is 140 Å². The molecule has 0 saturated carbocycles. The summed E-state index contributed by atoms with van der Waals surface area (Å²) in [4.78, 5) is 31.2. The van der Waals surface area contributed by atoms with Gasteiger partial charge in [0, 0.05) is 72.9 Å².